The molecular formula is C12H21NO7. The molecule has 20 heavy (non-hydrogen) atoms. The van der Waals surface area contributed by atoms with Crippen LogP contribution in [-0.2, 0) is 14.2 Å². The van der Waals surface area contributed by atoms with Crippen molar-refractivity contribution in [1.29, 1.82) is 0 Å². The number of carbonyl (C=O) groups is 1. The van der Waals surface area contributed by atoms with Gasteiger partial charge in [-0.05, 0) is 6.92 Å². The number of alkyl carbamates (subject to hydrolysis) is 1. The van der Waals surface area contributed by atoms with Crippen molar-refractivity contribution in [2.75, 3.05) is 19.8 Å². The van der Waals surface area contributed by atoms with Gasteiger partial charge >= 0.3 is 6.09 Å². The first kappa shape index (κ1) is 16.9. The summed E-state index contributed by atoms with van der Waals surface area (Å²) in [6, 6.07) is -1.01. The molecule has 1 saturated heterocycles. The van der Waals surface area contributed by atoms with Gasteiger partial charge in [-0.25, -0.2) is 4.79 Å². The van der Waals surface area contributed by atoms with Crippen molar-refractivity contribution in [2.45, 2.75) is 37.6 Å². The van der Waals surface area contributed by atoms with Gasteiger partial charge in [0.25, 0.3) is 0 Å². The van der Waals surface area contributed by atoms with Crippen LogP contribution < -0.4 is 5.32 Å². The van der Waals surface area contributed by atoms with E-state index in [0.29, 0.717) is 0 Å². The highest BCUT2D eigenvalue weighted by Crippen LogP contribution is 2.22. The van der Waals surface area contributed by atoms with Crippen LogP contribution in [0.15, 0.2) is 12.7 Å². The first-order valence-corrected chi connectivity index (χ1v) is 6.33. The van der Waals surface area contributed by atoms with Crippen LogP contribution in [0, 0.1) is 0 Å². The van der Waals surface area contributed by atoms with Crippen molar-refractivity contribution < 1.29 is 34.3 Å². The summed E-state index contributed by atoms with van der Waals surface area (Å²) in [6.07, 6.45) is -4.08. The molecule has 4 N–H and O–H groups in total. The third-order valence-corrected chi connectivity index (χ3v) is 2.83. The summed E-state index contributed by atoms with van der Waals surface area (Å²) in [5.74, 6) is 0. The molecule has 0 saturated carbocycles. The van der Waals surface area contributed by atoms with E-state index >= 15 is 0 Å². The van der Waals surface area contributed by atoms with Crippen LogP contribution in [0.3, 0.4) is 0 Å². The highest BCUT2D eigenvalue weighted by atomic mass is 16.7. The van der Waals surface area contributed by atoms with Gasteiger partial charge in [-0.15, -0.1) is 0 Å². The van der Waals surface area contributed by atoms with E-state index in [1.54, 1.807) is 6.92 Å². The molecule has 0 spiro atoms. The second-order valence-corrected chi connectivity index (χ2v) is 4.22. The van der Waals surface area contributed by atoms with Crippen molar-refractivity contribution in [2.24, 2.45) is 0 Å². The zero-order valence-electron chi connectivity index (χ0n) is 11.3. The van der Waals surface area contributed by atoms with Gasteiger partial charge < -0.3 is 34.8 Å². The quantitative estimate of drug-likeness (QED) is 0.451. The maximum atomic E-state index is 11.5. The first-order chi connectivity index (χ1) is 9.54. The van der Waals surface area contributed by atoms with E-state index in [4.69, 9.17) is 19.3 Å². The Morgan fingerprint density at radius 1 is 1.45 bits per heavy atom. The summed E-state index contributed by atoms with van der Waals surface area (Å²) in [5.41, 5.74) is 0. The number of amides is 1. The Morgan fingerprint density at radius 3 is 2.70 bits per heavy atom. The fraction of sp³-hybridized carbons (Fsp3) is 0.750. The van der Waals surface area contributed by atoms with E-state index in [-0.39, 0.29) is 13.2 Å². The lowest BCUT2D eigenvalue weighted by Crippen LogP contribution is -2.64. The smallest absolute Gasteiger partial charge is 0.407 e. The number of rotatable bonds is 6. The summed E-state index contributed by atoms with van der Waals surface area (Å²) >= 11 is 0. The van der Waals surface area contributed by atoms with Gasteiger partial charge in [0.15, 0.2) is 6.29 Å². The zero-order valence-corrected chi connectivity index (χ0v) is 11.3. The Hall–Kier alpha value is -1.19. The Balaban J connectivity index is 2.72. The van der Waals surface area contributed by atoms with E-state index < -0.39 is 43.3 Å². The predicted octanol–water partition coefficient (Wildman–Crippen LogP) is -1.26. The molecule has 116 valence electrons. The Kier molecular flexibility index (Phi) is 6.89. The lowest BCUT2D eigenvalue weighted by molar-refractivity contribution is -0.268. The molecule has 0 radical (unpaired) electrons. The maximum absolute atomic E-state index is 11.5. The van der Waals surface area contributed by atoms with Crippen LogP contribution in [-0.4, -0.2) is 71.9 Å². The summed E-state index contributed by atoms with van der Waals surface area (Å²) in [5, 5.41) is 31.2. The minimum atomic E-state index is -1.35. The zero-order chi connectivity index (χ0) is 15.1. The van der Waals surface area contributed by atoms with Crippen LogP contribution in [0.4, 0.5) is 4.79 Å². The van der Waals surface area contributed by atoms with E-state index in [1.807, 2.05) is 0 Å². The number of carbonyl (C=O) groups excluding carboxylic acids is 1. The van der Waals surface area contributed by atoms with Crippen molar-refractivity contribution in [3.63, 3.8) is 0 Å². The molecule has 0 unspecified atom stereocenters. The number of aliphatic hydroxyl groups excluding tert-OH is 3. The van der Waals surface area contributed by atoms with Crippen LogP contribution in [0.5, 0.6) is 0 Å². The molecule has 0 bridgehead atoms. The molecule has 1 aliphatic heterocycles. The lowest BCUT2D eigenvalue weighted by Gasteiger charge is -2.41. The summed E-state index contributed by atoms with van der Waals surface area (Å²) in [7, 11) is 0. The number of ether oxygens (including phenoxy) is 3. The topological polar surface area (TPSA) is 117 Å². The van der Waals surface area contributed by atoms with Gasteiger partial charge in [0, 0.05) is 6.61 Å². The summed E-state index contributed by atoms with van der Waals surface area (Å²) in [6.45, 7) is 4.91. The fourth-order valence-electron chi connectivity index (χ4n) is 1.85. The minimum absolute atomic E-state index is 0.0105. The SMILES string of the molecule is C=CCOC(=O)N[C@H]1[C@H](OCC)O[C@H](CO)[C@@H](O)[C@@H]1O. The number of aliphatic hydroxyl groups is 3. The Labute approximate surface area is 116 Å². The second kappa shape index (κ2) is 8.18. The molecule has 1 fully saturated rings. The molecule has 1 rings (SSSR count). The van der Waals surface area contributed by atoms with Gasteiger partial charge in [-0.3, -0.25) is 0 Å². The summed E-state index contributed by atoms with van der Waals surface area (Å²) < 4.78 is 15.3. The van der Waals surface area contributed by atoms with Gasteiger partial charge in [-0.1, -0.05) is 12.7 Å². The molecule has 1 amide bonds. The third kappa shape index (κ3) is 4.15. The van der Waals surface area contributed by atoms with Gasteiger partial charge in [0.2, 0.25) is 0 Å². The molecular weight excluding hydrogens is 270 g/mol. The van der Waals surface area contributed by atoms with Crippen LogP contribution in [0.25, 0.3) is 0 Å². The molecule has 8 nitrogen and oxygen atoms in total. The van der Waals surface area contributed by atoms with Crippen molar-refractivity contribution in [1.82, 2.24) is 5.32 Å². The molecule has 0 aromatic rings. The Bertz CT molecular complexity index is 325. The van der Waals surface area contributed by atoms with E-state index in [2.05, 4.69) is 11.9 Å². The number of hydrogen-bond donors (Lipinski definition) is 4. The van der Waals surface area contributed by atoms with Crippen LogP contribution in [0.2, 0.25) is 0 Å². The highest BCUT2D eigenvalue weighted by Gasteiger charge is 2.45. The van der Waals surface area contributed by atoms with Crippen molar-refractivity contribution >= 4 is 6.09 Å². The van der Waals surface area contributed by atoms with Crippen LogP contribution in [0.1, 0.15) is 6.92 Å². The largest absolute Gasteiger partial charge is 0.445 e. The molecule has 5 atom stereocenters. The first-order valence-electron chi connectivity index (χ1n) is 6.33. The molecule has 1 aliphatic rings. The molecule has 0 aromatic heterocycles. The maximum Gasteiger partial charge on any atom is 0.407 e. The van der Waals surface area contributed by atoms with E-state index in [9.17, 15) is 15.0 Å². The molecule has 0 aliphatic carbocycles. The second-order valence-electron chi connectivity index (χ2n) is 4.22. The normalized spacial score (nSPS) is 33.5. The standard InChI is InChI=1S/C12H21NO7/c1-3-5-19-12(17)13-8-10(16)9(15)7(6-14)20-11(8)18-4-2/h3,7-11,14-16H,1,4-6H2,2H3,(H,13,17)/t7-,8-,9-,10-,11-/m1/s1. The average Bonchev–Trinajstić information content (AvgIpc) is 2.44. The van der Waals surface area contributed by atoms with Gasteiger partial charge in [-0.2, -0.15) is 0 Å². The predicted molar refractivity (Wildman–Crippen MR) is 67.9 cm³/mol. The van der Waals surface area contributed by atoms with E-state index in [0.717, 1.165) is 0 Å². The fourth-order valence-corrected chi connectivity index (χ4v) is 1.85. The van der Waals surface area contributed by atoms with E-state index in [1.165, 1.54) is 6.08 Å². The minimum Gasteiger partial charge on any atom is -0.445 e. The Morgan fingerprint density at radius 2 is 2.15 bits per heavy atom. The molecule has 0 aromatic carbocycles. The summed E-state index contributed by atoms with van der Waals surface area (Å²) in [4.78, 5) is 11.5. The third-order valence-electron chi connectivity index (χ3n) is 2.83. The van der Waals surface area contributed by atoms with Gasteiger partial charge in [0.05, 0.1) is 6.61 Å². The lowest BCUT2D eigenvalue weighted by atomic mass is 9.97. The van der Waals surface area contributed by atoms with Crippen molar-refractivity contribution in [3.8, 4) is 0 Å². The van der Waals surface area contributed by atoms with Crippen LogP contribution >= 0.6 is 0 Å². The van der Waals surface area contributed by atoms with Gasteiger partial charge in [0.1, 0.15) is 31.0 Å². The molecule has 8 heteroatoms. The van der Waals surface area contributed by atoms with Crippen molar-refractivity contribution in [3.05, 3.63) is 12.7 Å². The number of nitrogens with one attached hydrogen (secondary N) is 1. The monoisotopic (exact) mass is 291 g/mol. The average molecular weight is 291 g/mol. The number of hydrogen-bond acceptors (Lipinski definition) is 7. The highest BCUT2D eigenvalue weighted by molar-refractivity contribution is 5.67. The molecule has 1 heterocycles.